The van der Waals surface area contributed by atoms with Crippen molar-refractivity contribution in [2.24, 2.45) is 0 Å². The second-order valence-corrected chi connectivity index (χ2v) is 4.18. The lowest BCUT2D eigenvalue weighted by atomic mass is 10.2. The number of carbonyl (C=O) groups is 1. The van der Waals surface area contributed by atoms with Crippen LogP contribution in [0.1, 0.15) is 16.8 Å². The lowest BCUT2D eigenvalue weighted by molar-refractivity contribution is 0.0952. The van der Waals surface area contributed by atoms with Gasteiger partial charge >= 0.3 is 0 Å². The first-order valence-corrected chi connectivity index (χ1v) is 5.51. The largest absolute Gasteiger partial charge is 0.352 e. The molecule has 1 heterocycles. The fourth-order valence-electron chi connectivity index (χ4n) is 1.24. The van der Waals surface area contributed by atoms with Crippen LogP contribution in [0.4, 0.5) is 0 Å². The first-order valence-electron chi connectivity index (χ1n) is 5.13. The SMILES string of the molecule is CN(C)CCCNC(=O)c1cnccc1Cl. The van der Waals surface area contributed by atoms with Crippen LogP contribution in [-0.2, 0) is 0 Å². The van der Waals surface area contributed by atoms with Crippen LogP contribution < -0.4 is 5.32 Å². The van der Waals surface area contributed by atoms with Gasteiger partial charge in [-0.25, -0.2) is 0 Å². The Balaban J connectivity index is 2.39. The Morgan fingerprint density at radius 3 is 2.94 bits per heavy atom. The van der Waals surface area contributed by atoms with Crippen molar-refractivity contribution >= 4 is 17.5 Å². The predicted molar refractivity (Wildman–Crippen MR) is 64.8 cm³/mol. The van der Waals surface area contributed by atoms with Gasteiger partial charge in [0.15, 0.2) is 0 Å². The molecule has 1 N–H and O–H groups in total. The normalized spacial score (nSPS) is 10.5. The van der Waals surface area contributed by atoms with Crippen molar-refractivity contribution in [2.45, 2.75) is 6.42 Å². The van der Waals surface area contributed by atoms with Gasteiger partial charge in [0.25, 0.3) is 5.91 Å². The summed E-state index contributed by atoms with van der Waals surface area (Å²) in [4.78, 5) is 17.6. The molecule has 1 aromatic heterocycles. The maximum absolute atomic E-state index is 11.7. The third-order valence-corrected chi connectivity index (χ3v) is 2.41. The minimum atomic E-state index is -0.170. The molecule has 0 aromatic carbocycles. The van der Waals surface area contributed by atoms with Crippen molar-refractivity contribution in [3.63, 3.8) is 0 Å². The summed E-state index contributed by atoms with van der Waals surface area (Å²) in [6.45, 7) is 1.59. The van der Waals surface area contributed by atoms with Crippen molar-refractivity contribution < 1.29 is 4.79 Å². The van der Waals surface area contributed by atoms with E-state index in [0.29, 0.717) is 17.1 Å². The van der Waals surface area contributed by atoms with E-state index >= 15 is 0 Å². The fraction of sp³-hybridized carbons (Fsp3) is 0.455. The summed E-state index contributed by atoms with van der Waals surface area (Å²) in [5, 5.41) is 3.24. The highest BCUT2D eigenvalue weighted by Crippen LogP contribution is 2.12. The molecule has 0 bridgehead atoms. The molecule has 0 atom stereocenters. The molecule has 0 spiro atoms. The average Bonchev–Trinajstić information content (AvgIpc) is 2.24. The Bertz CT molecular complexity index is 355. The number of rotatable bonds is 5. The Morgan fingerprint density at radius 2 is 2.31 bits per heavy atom. The lowest BCUT2D eigenvalue weighted by Crippen LogP contribution is -2.27. The highest BCUT2D eigenvalue weighted by atomic mass is 35.5. The van der Waals surface area contributed by atoms with Crippen LogP contribution in [0.5, 0.6) is 0 Å². The van der Waals surface area contributed by atoms with E-state index < -0.39 is 0 Å². The van der Waals surface area contributed by atoms with Crippen molar-refractivity contribution in [3.8, 4) is 0 Å². The van der Waals surface area contributed by atoms with E-state index in [1.807, 2.05) is 14.1 Å². The number of amides is 1. The minimum absolute atomic E-state index is 0.170. The second-order valence-electron chi connectivity index (χ2n) is 3.77. The van der Waals surface area contributed by atoms with Crippen molar-refractivity contribution in [3.05, 3.63) is 29.0 Å². The molecule has 16 heavy (non-hydrogen) atoms. The van der Waals surface area contributed by atoms with Gasteiger partial charge in [-0.1, -0.05) is 11.6 Å². The summed E-state index contributed by atoms with van der Waals surface area (Å²) >= 11 is 5.87. The van der Waals surface area contributed by atoms with Gasteiger partial charge in [-0.2, -0.15) is 0 Å². The van der Waals surface area contributed by atoms with E-state index in [4.69, 9.17) is 11.6 Å². The molecule has 0 saturated heterocycles. The van der Waals surface area contributed by atoms with E-state index in [9.17, 15) is 4.79 Å². The highest BCUT2D eigenvalue weighted by molar-refractivity contribution is 6.33. The van der Waals surface area contributed by atoms with Gasteiger partial charge in [-0.15, -0.1) is 0 Å². The van der Waals surface area contributed by atoms with E-state index in [-0.39, 0.29) is 5.91 Å². The van der Waals surface area contributed by atoms with Gasteiger partial charge in [-0.05, 0) is 33.1 Å². The zero-order valence-electron chi connectivity index (χ0n) is 9.53. The fourth-order valence-corrected chi connectivity index (χ4v) is 1.43. The van der Waals surface area contributed by atoms with E-state index in [2.05, 4.69) is 15.2 Å². The molecule has 88 valence electrons. The summed E-state index contributed by atoms with van der Waals surface area (Å²) in [5.74, 6) is -0.170. The molecule has 5 heteroatoms. The summed E-state index contributed by atoms with van der Waals surface area (Å²) in [6, 6.07) is 1.61. The number of hydrogen-bond acceptors (Lipinski definition) is 3. The molecule has 0 fully saturated rings. The van der Waals surface area contributed by atoms with Crippen LogP contribution in [0.15, 0.2) is 18.5 Å². The summed E-state index contributed by atoms with van der Waals surface area (Å²) in [5.41, 5.74) is 0.425. The number of carbonyl (C=O) groups excluding carboxylic acids is 1. The topological polar surface area (TPSA) is 45.2 Å². The first kappa shape index (κ1) is 12.9. The van der Waals surface area contributed by atoms with Crippen LogP contribution in [0.2, 0.25) is 5.02 Å². The van der Waals surface area contributed by atoms with Crippen LogP contribution in [0.25, 0.3) is 0 Å². The van der Waals surface area contributed by atoms with Crippen molar-refractivity contribution in [2.75, 3.05) is 27.2 Å². The lowest BCUT2D eigenvalue weighted by Gasteiger charge is -2.10. The molecular weight excluding hydrogens is 226 g/mol. The van der Waals surface area contributed by atoms with Crippen LogP contribution >= 0.6 is 11.6 Å². The van der Waals surface area contributed by atoms with E-state index in [0.717, 1.165) is 13.0 Å². The van der Waals surface area contributed by atoms with Gasteiger partial charge in [0, 0.05) is 18.9 Å². The molecule has 0 aliphatic carbocycles. The third-order valence-electron chi connectivity index (χ3n) is 2.08. The first-order chi connectivity index (χ1) is 7.61. The maximum atomic E-state index is 11.7. The number of nitrogens with one attached hydrogen (secondary N) is 1. The zero-order chi connectivity index (χ0) is 12.0. The van der Waals surface area contributed by atoms with Crippen LogP contribution in [-0.4, -0.2) is 43.0 Å². The van der Waals surface area contributed by atoms with E-state index in [1.165, 1.54) is 6.20 Å². The maximum Gasteiger partial charge on any atom is 0.254 e. The Kier molecular flexibility index (Phi) is 5.22. The minimum Gasteiger partial charge on any atom is -0.352 e. The highest BCUT2D eigenvalue weighted by Gasteiger charge is 2.08. The smallest absolute Gasteiger partial charge is 0.254 e. The molecule has 0 unspecified atom stereocenters. The molecule has 0 aliphatic rings. The van der Waals surface area contributed by atoms with E-state index in [1.54, 1.807) is 12.3 Å². The summed E-state index contributed by atoms with van der Waals surface area (Å²) < 4.78 is 0. The summed E-state index contributed by atoms with van der Waals surface area (Å²) in [6.07, 6.45) is 3.95. The number of aromatic nitrogens is 1. The monoisotopic (exact) mass is 241 g/mol. The Hall–Kier alpha value is -1.13. The zero-order valence-corrected chi connectivity index (χ0v) is 10.3. The number of pyridine rings is 1. The van der Waals surface area contributed by atoms with Gasteiger partial charge in [0.2, 0.25) is 0 Å². The molecule has 1 amide bonds. The van der Waals surface area contributed by atoms with Crippen LogP contribution in [0.3, 0.4) is 0 Å². The Morgan fingerprint density at radius 1 is 1.56 bits per heavy atom. The molecule has 1 rings (SSSR count). The van der Waals surface area contributed by atoms with Crippen LogP contribution in [0, 0.1) is 0 Å². The standard InChI is InChI=1S/C11H16ClN3O/c1-15(2)7-3-5-14-11(16)9-8-13-6-4-10(9)12/h4,6,8H,3,5,7H2,1-2H3,(H,14,16). The third kappa shape index (κ3) is 4.16. The second kappa shape index (κ2) is 6.45. The number of halogens is 1. The molecule has 0 aliphatic heterocycles. The van der Waals surface area contributed by atoms with Crippen molar-refractivity contribution in [1.29, 1.82) is 0 Å². The van der Waals surface area contributed by atoms with Gasteiger partial charge in [0.05, 0.1) is 10.6 Å². The summed E-state index contributed by atoms with van der Waals surface area (Å²) in [7, 11) is 4.00. The molecule has 0 saturated carbocycles. The van der Waals surface area contributed by atoms with Gasteiger partial charge in [-0.3, -0.25) is 9.78 Å². The molecular formula is C11H16ClN3O. The Labute approximate surface area is 101 Å². The molecule has 0 radical (unpaired) electrons. The number of nitrogens with zero attached hydrogens (tertiary/aromatic N) is 2. The number of hydrogen-bond donors (Lipinski definition) is 1. The molecule has 4 nitrogen and oxygen atoms in total. The van der Waals surface area contributed by atoms with Crippen molar-refractivity contribution in [1.82, 2.24) is 15.2 Å². The van der Waals surface area contributed by atoms with Gasteiger partial charge < -0.3 is 10.2 Å². The quantitative estimate of drug-likeness (QED) is 0.793. The average molecular weight is 242 g/mol. The van der Waals surface area contributed by atoms with Gasteiger partial charge in [0.1, 0.15) is 0 Å². The predicted octanol–water partition coefficient (Wildman–Crippen LogP) is 1.42. The molecule has 1 aromatic rings.